The van der Waals surface area contributed by atoms with Gasteiger partial charge >= 0.3 is 0 Å². The van der Waals surface area contributed by atoms with E-state index in [-0.39, 0.29) is 5.91 Å². The molecule has 90 valence electrons. The topological polar surface area (TPSA) is 46.1 Å². The lowest BCUT2D eigenvalue weighted by molar-refractivity contribution is 0.0768. The smallest absolute Gasteiger partial charge is 0.267 e. The lowest BCUT2D eigenvalue weighted by atomic mass is 10.2. The van der Waals surface area contributed by atoms with Crippen LogP contribution in [0.3, 0.4) is 0 Å². The molecule has 0 saturated heterocycles. The zero-order valence-electron chi connectivity index (χ0n) is 9.57. The van der Waals surface area contributed by atoms with Gasteiger partial charge in [-0.05, 0) is 31.3 Å². The number of amides is 1. The predicted molar refractivity (Wildman–Crippen MR) is 69.3 cm³/mol. The van der Waals surface area contributed by atoms with Crippen molar-refractivity contribution in [2.45, 2.75) is 26.7 Å². The van der Waals surface area contributed by atoms with E-state index in [1.807, 2.05) is 18.7 Å². The van der Waals surface area contributed by atoms with Crippen LogP contribution in [0.15, 0.2) is 0 Å². The van der Waals surface area contributed by atoms with Gasteiger partial charge < -0.3 is 4.90 Å². The molecule has 0 fully saturated rings. The first kappa shape index (κ1) is 13.6. The first-order chi connectivity index (χ1) is 7.74. The summed E-state index contributed by atoms with van der Waals surface area (Å²) in [6, 6.07) is 0. The molecule has 0 aromatic carbocycles. The monoisotopic (exact) mass is 305 g/mol. The van der Waals surface area contributed by atoms with E-state index in [0.717, 1.165) is 37.0 Å². The van der Waals surface area contributed by atoms with Crippen LogP contribution in [0, 0.1) is 0 Å². The standard InChI is InChI=1S/C10H16BrN3OS/c1-3-8-9(16-13-12-8)10(15)14(4-2)7-5-6-11/h3-7H2,1-2H3. The van der Waals surface area contributed by atoms with Crippen LogP contribution in [-0.4, -0.2) is 38.8 Å². The Balaban J connectivity index is 2.74. The number of aromatic nitrogens is 2. The third-order valence-corrected chi connectivity index (χ3v) is 3.63. The van der Waals surface area contributed by atoms with Crippen LogP contribution in [0.25, 0.3) is 0 Å². The molecule has 1 heterocycles. The Kier molecular flexibility index (Phi) is 5.90. The highest BCUT2D eigenvalue weighted by Crippen LogP contribution is 2.14. The number of halogens is 1. The fourth-order valence-corrected chi connectivity index (χ4v) is 2.37. The molecular weight excluding hydrogens is 290 g/mol. The first-order valence-electron chi connectivity index (χ1n) is 5.41. The van der Waals surface area contributed by atoms with Crippen molar-refractivity contribution in [3.8, 4) is 0 Å². The number of hydrogen-bond donors (Lipinski definition) is 0. The number of rotatable bonds is 6. The van der Waals surface area contributed by atoms with Crippen molar-refractivity contribution in [3.63, 3.8) is 0 Å². The van der Waals surface area contributed by atoms with Crippen molar-refractivity contribution in [2.75, 3.05) is 18.4 Å². The minimum Gasteiger partial charge on any atom is -0.338 e. The summed E-state index contributed by atoms with van der Waals surface area (Å²) >= 11 is 4.57. The Bertz CT molecular complexity index is 343. The van der Waals surface area contributed by atoms with Crippen LogP contribution < -0.4 is 0 Å². The van der Waals surface area contributed by atoms with E-state index in [1.54, 1.807) is 0 Å². The molecule has 0 unspecified atom stereocenters. The molecule has 0 aliphatic rings. The number of hydrogen-bond acceptors (Lipinski definition) is 4. The van der Waals surface area contributed by atoms with Gasteiger partial charge in [0.25, 0.3) is 5.91 Å². The van der Waals surface area contributed by atoms with Crippen molar-refractivity contribution in [1.29, 1.82) is 0 Å². The average Bonchev–Trinajstić information content (AvgIpc) is 2.77. The summed E-state index contributed by atoms with van der Waals surface area (Å²) in [4.78, 5) is 14.7. The van der Waals surface area contributed by atoms with E-state index in [0.29, 0.717) is 4.88 Å². The van der Waals surface area contributed by atoms with Crippen molar-refractivity contribution < 1.29 is 4.79 Å². The van der Waals surface area contributed by atoms with Crippen LogP contribution in [0.4, 0.5) is 0 Å². The van der Waals surface area contributed by atoms with Crippen LogP contribution in [0.1, 0.15) is 35.6 Å². The molecular formula is C10H16BrN3OS. The van der Waals surface area contributed by atoms with Gasteiger partial charge in [-0.15, -0.1) is 5.10 Å². The van der Waals surface area contributed by atoms with Gasteiger partial charge in [0, 0.05) is 18.4 Å². The van der Waals surface area contributed by atoms with Gasteiger partial charge in [-0.2, -0.15) is 0 Å². The molecule has 1 aromatic rings. The van der Waals surface area contributed by atoms with Gasteiger partial charge in [0.2, 0.25) is 0 Å². The number of alkyl halides is 1. The fourth-order valence-electron chi connectivity index (χ4n) is 1.40. The number of carbonyl (C=O) groups is 1. The summed E-state index contributed by atoms with van der Waals surface area (Å²) in [5.41, 5.74) is 0.812. The quantitative estimate of drug-likeness (QED) is 0.758. The molecule has 0 atom stereocenters. The van der Waals surface area contributed by atoms with Gasteiger partial charge in [-0.1, -0.05) is 27.3 Å². The van der Waals surface area contributed by atoms with Gasteiger partial charge in [-0.25, -0.2) is 0 Å². The molecule has 0 radical (unpaired) electrons. The molecule has 1 amide bonds. The first-order valence-corrected chi connectivity index (χ1v) is 7.30. The van der Waals surface area contributed by atoms with Gasteiger partial charge in [-0.3, -0.25) is 4.79 Å². The third kappa shape index (κ3) is 3.25. The zero-order valence-corrected chi connectivity index (χ0v) is 12.0. The van der Waals surface area contributed by atoms with Crippen LogP contribution in [0.2, 0.25) is 0 Å². The SMILES string of the molecule is CCc1nnsc1C(=O)N(CC)CCCBr. The molecule has 1 aromatic heterocycles. The fraction of sp³-hybridized carbons (Fsp3) is 0.700. The Hall–Kier alpha value is -0.490. The second-order valence-electron chi connectivity index (χ2n) is 3.33. The highest BCUT2D eigenvalue weighted by atomic mass is 79.9. The van der Waals surface area contributed by atoms with Crippen LogP contribution in [0.5, 0.6) is 0 Å². The molecule has 0 N–H and O–H groups in total. The molecule has 0 aliphatic carbocycles. The summed E-state index contributed by atoms with van der Waals surface area (Å²) in [5, 5.41) is 4.88. The molecule has 0 aliphatic heterocycles. The summed E-state index contributed by atoms with van der Waals surface area (Å²) in [5.74, 6) is 0.0651. The van der Waals surface area contributed by atoms with Crippen molar-refractivity contribution in [1.82, 2.24) is 14.5 Å². The molecule has 16 heavy (non-hydrogen) atoms. The summed E-state index contributed by atoms with van der Waals surface area (Å²) in [6.45, 7) is 5.49. The highest BCUT2D eigenvalue weighted by Gasteiger charge is 2.19. The van der Waals surface area contributed by atoms with Gasteiger partial charge in [0.15, 0.2) is 0 Å². The second kappa shape index (κ2) is 6.96. The molecule has 1 rings (SSSR count). The lowest BCUT2D eigenvalue weighted by Gasteiger charge is -2.19. The number of carbonyl (C=O) groups excluding carboxylic acids is 1. The van der Waals surface area contributed by atoms with Crippen LogP contribution >= 0.6 is 27.5 Å². The zero-order chi connectivity index (χ0) is 12.0. The molecule has 6 heteroatoms. The average molecular weight is 306 g/mol. The van der Waals surface area contributed by atoms with E-state index >= 15 is 0 Å². The Labute approximate surface area is 108 Å². The minimum absolute atomic E-state index is 0.0651. The second-order valence-corrected chi connectivity index (χ2v) is 4.88. The predicted octanol–water partition coefficient (Wildman–Crippen LogP) is 2.35. The van der Waals surface area contributed by atoms with E-state index in [4.69, 9.17) is 0 Å². The Morgan fingerprint density at radius 2 is 2.25 bits per heavy atom. The molecule has 0 saturated carbocycles. The summed E-state index contributed by atoms with van der Waals surface area (Å²) in [6.07, 6.45) is 1.72. The van der Waals surface area contributed by atoms with Gasteiger partial charge in [0.1, 0.15) is 4.88 Å². The number of nitrogens with zero attached hydrogens (tertiary/aromatic N) is 3. The minimum atomic E-state index is 0.0651. The molecule has 0 spiro atoms. The normalized spacial score (nSPS) is 10.4. The van der Waals surface area contributed by atoms with Crippen molar-refractivity contribution in [2.24, 2.45) is 0 Å². The largest absolute Gasteiger partial charge is 0.338 e. The van der Waals surface area contributed by atoms with E-state index < -0.39 is 0 Å². The maximum absolute atomic E-state index is 12.2. The lowest BCUT2D eigenvalue weighted by Crippen LogP contribution is -2.32. The highest BCUT2D eigenvalue weighted by molar-refractivity contribution is 9.09. The van der Waals surface area contributed by atoms with Crippen molar-refractivity contribution in [3.05, 3.63) is 10.6 Å². The van der Waals surface area contributed by atoms with Crippen molar-refractivity contribution >= 4 is 33.4 Å². The van der Waals surface area contributed by atoms with E-state index in [9.17, 15) is 4.79 Å². The number of aryl methyl sites for hydroxylation is 1. The Morgan fingerprint density at radius 1 is 1.50 bits per heavy atom. The third-order valence-electron chi connectivity index (χ3n) is 2.32. The van der Waals surface area contributed by atoms with E-state index in [1.165, 1.54) is 11.5 Å². The molecule has 4 nitrogen and oxygen atoms in total. The maximum Gasteiger partial charge on any atom is 0.267 e. The molecule has 0 bridgehead atoms. The summed E-state index contributed by atoms with van der Waals surface area (Å²) in [7, 11) is 0. The van der Waals surface area contributed by atoms with Crippen LogP contribution in [-0.2, 0) is 6.42 Å². The Morgan fingerprint density at radius 3 is 2.81 bits per heavy atom. The van der Waals surface area contributed by atoms with Gasteiger partial charge in [0.05, 0.1) is 5.69 Å². The maximum atomic E-state index is 12.2. The summed E-state index contributed by atoms with van der Waals surface area (Å²) < 4.78 is 3.85. The van der Waals surface area contributed by atoms with E-state index in [2.05, 4.69) is 25.5 Å².